The summed E-state index contributed by atoms with van der Waals surface area (Å²) in [5.41, 5.74) is 0. The summed E-state index contributed by atoms with van der Waals surface area (Å²) in [7, 11) is 0. The van der Waals surface area contributed by atoms with E-state index >= 15 is 0 Å². The van der Waals surface area contributed by atoms with Crippen LogP contribution in [-0.4, -0.2) is 31.3 Å². The molecule has 0 aliphatic carbocycles. The fourth-order valence-corrected chi connectivity index (χ4v) is 1.22. The van der Waals surface area contributed by atoms with Crippen LogP contribution < -0.4 is 4.90 Å². The normalized spacial score (nSPS) is 17.8. The molecule has 0 amide bonds. The van der Waals surface area contributed by atoms with Crippen molar-refractivity contribution in [3.8, 4) is 0 Å². The Bertz CT molecular complexity index is 232. The third-order valence-electron chi connectivity index (χ3n) is 1.85. The molecule has 1 aliphatic heterocycles. The maximum atomic E-state index is 5.23. The van der Waals surface area contributed by atoms with E-state index in [4.69, 9.17) is 4.74 Å². The van der Waals surface area contributed by atoms with Gasteiger partial charge in [-0.2, -0.15) is 0 Å². The molecule has 0 atom stereocenters. The van der Waals surface area contributed by atoms with E-state index in [9.17, 15) is 0 Å². The number of ether oxygens (including phenoxy) is 1. The Kier molecular flexibility index (Phi) is 2.23. The maximum Gasteiger partial charge on any atom is 0.137 e. The van der Waals surface area contributed by atoms with Crippen LogP contribution in [-0.2, 0) is 4.74 Å². The van der Waals surface area contributed by atoms with Crippen LogP contribution in [0.5, 0.6) is 0 Å². The molecule has 2 rings (SSSR count). The first kappa shape index (κ1) is 7.55. The highest BCUT2D eigenvalue weighted by Crippen LogP contribution is 2.09. The van der Waals surface area contributed by atoms with Crippen LogP contribution in [0, 0.1) is 12.1 Å². The van der Waals surface area contributed by atoms with Gasteiger partial charge in [0.05, 0.1) is 13.2 Å². The lowest BCUT2D eigenvalue weighted by Crippen LogP contribution is -2.36. The van der Waals surface area contributed by atoms with Gasteiger partial charge in [0.1, 0.15) is 5.82 Å². The number of pyridine rings is 1. The summed E-state index contributed by atoms with van der Waals surface area (Å²) in [6.45, 7) is 3.37. The highest BCUT2D eigenvalue weighted by molar-refractivity contribution is 5.36. The molecule has 12 heavy (non-hydrogen) atoms. The van der Waals surface area contributed by atoms with Crippen molar-refractivity contribution in [2.24, 2.45) is 0 Å². The molecule has 3 heteroatoms. The molecule has 3 nitrogen and oxygen atoms in total. The van der Waals surface area contributed by atoms with E-state index in [1.165, 1.54) is 0 Å². The van der Waals surface area contributed by atoms with Gasteiger partial charge in [-0.05, 0) is 12.1 Å². The Hall–Kier alpha value is -1.09. The molecule has 0 saturated carbocycles. The number of rotatable bonds is 1. The molecule has 0 aromatic carbocycles. The highest BCUT2D eigenvalue weighted by Gasteiger charge is 2.11. The second-order valence-electron chi connectivity index (χ2n) is 2.64. The minimum Gasteiger partial charge on any atom is -0.378 e. The van der Waals surface area contributed by atoms with Gasteiger partial charge in [-0.25, -0.2) is 4.98 Å². The van der Waals surface area contributed by atoms with Crippen LogP contribution in [0.25, 0.3) is 0 Å². The van der Waals surface area contributed by atoms with Gasteiger partial charge in [0, 0.05) is 25.4 Å². The second-order valence-corrected chi connectivity index (χ2v) is 2.64. The number of hydrogen-bond donors (Lipinski definition) is 0. The fraction of sp³-hybridized carbons (Fsp3) is 0.444. The van der Waals surface area contributed by atoms with Crippen molar-refractivity contribution >= 4 is 5.82 Å². The van der Waals surface area contributed by atoms with E-state index in [2.05, 4.69) is 22.0 Å². The van der Waals surface area contributed by atoms with Crippen molar-refractivity contribution in [2.45, 2.75) is 0 Å². The SMILES string of the molecule is [c]1[c]c(N2CCOCC2)ncc1. The molecule has 2 radical (unpaired) electrons. The third kappa shape index (κ3) is 1.56. The molecule has 0 unspecified atom stereocenters. The van der Waals surface area contributed by atoms with Crippen molar-refractivity contribution in [2.75, 3.05) is 31.2 Å². The van der Waals surface area contributed by atoms with E-state index in [0.717, 1.165) is 32.1 Å². The zero-order chi connectivity index (χ0) is 8.23. The zero-order valence-electron chi connectivity index (χ0n) is 6.79. The van der Waals surface area contributed by atoms with E-state index in [-0.39, 0.29) is 0 Å². The van der Waals surface area contributed by atoms with Gasteiger partial charge in [-0.15, -0.1) is 0 Å². The topological polar surface area (TPSA) is 25.4 Å². The maximum absolute atomic E-state index is 5.23. The summed E-state index contributed by atoms with van der Waals surface area (Å²) in [4.78, 5) is 6.34. The van der Waals surface area contributed by atoms with Gasteiger partial charge in [-0.1, -0.05) is 0 Å². The van der Waals surface area contributed by atoms with E-state index < -0.39 is 0 Å². The summed E-state index contributed by atoms with van der Waals surface area (Å²) < 4.78 is 5.23. The molecule has 2 heterocycles. The first-order valence-corrected chi connectivity index (χ1v) is 4.04. The first-order valence-electron chi connectivity index (χ1n) is 4.04. The molecule has 1 aliphatic rings. The standard InChI is InChI=1S/C9H10N2O/c1-2-4-10-9(3-1)11-5-7-12-8-6-11/h2,4H,5-8H2. The van der Waals surface area contributed by atoms with Crippen LogP contribution in [0.3, 0.4) is 0 Å². The van der Waals surface area contributed by atoms with Crippen molar-refractivity contribution in [1.29, 1.82) is 0 Å². The van der Waals surface area contributed by atoms with Gasteiger partial charge in [0.15, 0.2) is 0 Å². The van der Waals surface area contributed by atoms with Crippen molar-refractivity contribution in [3.05, 3.63) is 24.4 Å². The summed E-state index contributed by atoms with van der Waals surface area (Å²) in [6, 6.07) is 7.61. The summed E-state index contributed by atoms with van der Waals surface area (Å²) in [6.07, 6.45) is 1.74. The monoisotopic (exact) mass is 162 g/mol. The summed E-state index contributed by atoms with van der Waals surface area (Å²) in [5, 5.41) is 0. The van der Waals surface area contributed by atoms with Crippen LogP contribution >= 0.6 is 0 Å². The molecule has 1 fully saturated rings. The zero-order valence-corrected chi connectivity index (χ0v) is 6.79. The molecule has 1 saturated heterocycles. The van der Waals surface area contributed by atoms with E-state index in [0.29, 0.717) is 0 Å². The van der Waals surface area contributed by atoms with Crippen LogP contribution in [0.4, 0.5) is 5.82 Å². The average molecular weight is 162 g/mol. The Morgan fingerprint density at radius 3 is 2.92 bits per heavy atom. The Labute approximate surface area is 72.0 Å². The Morgan fingerprint density at radius 2 is 2.25 bits per heavy atom. The largest absolute Gasteiger partial charge is 0.378 e. The molecule has 0 N–H and O–H groups in total. The number of anilines is 1. The molecular weight excluding hydrogens is 152 g/mol. The summed E-state index contributed by atoms with van der Waals surface area (Å²) >= 11 is 0. The number of hydrogen-bond acceptors (Lipinski definition) is 3. The van der Waals surface area contributed by atoms with Gasteiger partial charge in [-0.3, -0.25) is 0 Å². The van der Waals surface area contributed by atoms with Crippen LogP contribution in [0.2, 0.25) is 0 Å². The lowest BCUT2D eigenvalue weighted by molar-refractivity contribution is 0.122. The molecule has 0 spiro atoms. The highest BCUT2D eigenvalue weighted by atomic mass is 16.5. The summed E-state index contributed by atoms with van der Waals surface area (Å²) in [5.74, 6) is 0.876. The molecular formula is C9H10N2O. The van der Waals surface area contributed by atoms with Gasteiger partial charge in [0.2, 0.25) is 0 Å². The van der Waals surface area contributed by atoms with E-state index in [1.54, 1.807) is 12.3 Å². The third-order valence-corrected chi connectivity index (χ3v) is 1.85. The predicted octanol–water partition coefficient (Wildman–Crippen LogP) is 0.519. The van der Waals surface area contributed by atoms with E-state index in [1.807, 2.05) is 0 Å². The van der Waals surface area contributed by atoms with Crippen molar-refractivity contribution in [1.82, 2.24) is 4.98 Å². The molecule has 1 aromatic rings. The second kappa shape index (κ2) is 3.54. The smallest absolute Gasteiger partial charge is 0.137 e. The number of aromatic nitrogens is 1. The quantitative estimate of drug-likeness (QED) is 0.602. The Morgan fingerprint density at radius 1 is 1.42 bits per heavy atom. The molecule has 1 aromatic heterocycles. The number of nitrogens with zero attached hydrogens (tertiary/aromatic N) is 2. The fourth-order valence-electron chi connectivity index (χ4n) is 1.22. The van der Waals surface area contributed by atoms with Crippen molar-refractivity contribution in [3.63, 3.8) is 0 Å². The van der Waals surface area contributed by atoms with Gasteiger partial charge >= 0.3 is 0 Å². The Balaban J connectivity index is 2.08. The lowest BCUT2D eigenvalue weighted by atomic mass is 10.4. The molecule has 0 bridgehead atoms. The van der Waals surface area contributed by atoms with Crippen LogP contribution in [0.15, 0.2) is 12.3 Å². The minimum absolute atomic E-state index is 0.782. The number of morpholine rings is 1. The average Bonchev–Trinajstić information content (AvgIpc) is 2.21. The lowest BCUT2D eigenvalue weighted by Gasteiger charge is -2.27. The van der Waals surface area contributed by atoms with Crippen molar-refractivity contribution < 1.29 is 4.74 Å². The van der Waals surface area contributed by atoms with Gasteiger partial charge < -0.3 is 9.64 Å². The van der Waals surface area contributed by atoms with Gasteiger partial charge in [0.25, 0.3) is 0 Å². The van der Waals surface area contributed by atoms with Crippen LogP contribution in [0.1, 0.15) is 0 Å². The predicted molar refractivity (Wildman–Crippen MR) is 44.9 cm³/mol. The minimum atomic E-state index is 0.782. The first-order chi connectivity index (χ1) is 5.97. The molecule has 62 valence electrons.